The first kappa shape index (κ1) is 9.56. The second kappa shape index (κ2) is 4.48. The zero-order valence-electron chi connectivity index (χ0n) is 6.87. The zero-order valence-corrected chi connectivity index (χ0v) is 7.63. The Morgan fingerprint density at radius 2 is 2.38 bits per heavy atom. The van der Waals surface area contributed by atoms with E-state index in [1.165, 1.54) is 13.3 Å². The van der Waals surface area contributed by atoms with Gasteiger partial charge in [-0.25, -0.2) is 9.78 Å². The molecule has 0 fully saturated rings. The number of hydrogen-bond acceptors (Lipinski definition) is 3. The highest BCUT2D eigenvalue weighted by Crippen LogP contribution is 2.04. The summed E-state index contributed by atoms with van der Waals surface area (Å²) in [5.74, 6) is 4.19. The molecule has 1 heterocycles. The normalized spacial score (nSPS) is 8.46. The summed E-state index contributed by atoms with van der Waals surface area (Å²) in [6, 6.07) is 3.27. The van der Waals surface area contributed by atoms with Crippen LogP contribution in [0.1, 0.15) is 5.69 Å². The van der Waals surface area contributed by atoms with Crippen LogP contribution in [0, 0.1) is 11.8 Å². The van der Waals surface area contributed by atoms with Gasteiger partial charge in [0, 0.05) is 12.1 Å². The molecule has 0 atom stereocenters. The van der Waals surface area contributed by atoms with Crippen molar-refractivity contribution in [3.05, 3.63) is 29.0 Å². The van der Waals surface area contributed by atoms with Crippen LogP contribution in [0.5, 0.6) is 0 Å². The Morgan fingerprint density at radius 3 is 2.92 bits per heavy atom. The van der Waals surface area contributed by atoms with Gasteiger partial charge in [-0.3, -0.25) is 0 Å². The molecule has 1 rings (SSSR count). The van der Waals surface area contributed by atoms with E-state index in [9.17, 15) is 4.79 Å². The fraction of sp³-hybridized carbons (Fsp3) is 0.111. The highest BCUT2D eigenvalue weighted by Gasteiger charge is 1.91. The minimum atomic E-state index is -0.586. The second-order valence-corrected chi connectivity index (χ2v) is 2.54. The van der Waals surface area contributed by atoms with Crippen molar-refractivity contribution >= 4 is 17.6 Å². The predicted molar refractivity (Wildman–Crippen MR) is 48.1 cm³/mol. The van der Waals surface area contributed by atoms with Gasteiger partial charge in [-0.1, -0.05) is 11.6 Å². The maximum atomic E-state index is 10.6. The second-order valence-electron chi connectivity index (χ2n) is 2.10. The van der Waals surface area contributed by atoms with Crippen LogP contribution in [0.4, 0.5) is 0 Å². The number of esters is 1. The van der Waals surface area contributed by atoms with Crippen molar-refractivity contribution in [2.45, 2.75) is 0 Å². The fourth-order valence-corrected chi connectivity index (χ4v) is 0.728. The number of rotatable bonds is 0. The first-order chi connectivity index (χ1) is 6.22. The van der Waals surface area contributed by atoms with Gasteiger partial charge in [0.05, 0.1) is 12.1 Å². The van der Waals surface area contributed by atoms with E-state index in [1.54, 1.807) is 12.1 Å². The molecule has 0 aliphatic heterocycles. The Bertz CT molecular complexity index is 361. The van der Waals surface area contributed by atoms with Crippen LogP contribution >= 0.6 is 11.6 Å². The van der Waals surface area contributed by atoms with E-state index in [0.29, 0.717) is 10.7 Å². The number of nitrogens with zero attached hydrogens (tertiary/aromatic N) is 1. The van der Waals surface area contributed by atoms with E-state index >= 15 is 0 Å². The minimum Gasteiger partial charge on any atom is -0.459 e. The third-order valence-corrected chi connectivity index (χ3v) is 1.43. The molecule has 0 bridgehead atoms. The third-order valence-electron chi connectivity index (χ3n) is 1.21. The van der Waals surface area contributed by atoms with Crippen molar-refractivity contribution in [2.24, 2.45) is 0 Å². The molecule has 1 aromatic rings. The van der Waals surface area contributed by atoms with E-state index in [4.69, 9.17) is 11.6 Å². The molecule has 0 N–H and O–H groups in total. The van der Waals surface area contributed by atoms with Crippen LogP contribution in [0.3, 0.4) is 0 Å². The van der Waals surface area contributed by atoms with Crippen molar-refractivity contribution in [3.8, 4) is 11.8 Å². The Balaban J connectivity index is 2.78. The Morgan fingerprint density at radius 1 is 1.62 bits per heavy atom. The molecule has 0 unspecified atom stereocenters. The Labute approximate surface area is 80.7 Å². The molecule has 0 aliphatic rings. The maximum Gasteiger partial charge on any atom is 0.384 e. The summed E-state index contributed by atoms with van der Waals surface area (Å²) in [7, 11) is 1.27. The van der Waals surface area contributed by atoms with Gasteiger partial charge in [0.15, 0.2) is 0 Å². The van der Waals surface area contributed by atoms with Gasteiger partial charge < -0.3 is 4.74 Å². The summed E-state index contributed by atoms with van der Waals surface area (Å²) in [5.41, 5.74) is 0.481. The van der Waals surface area contributed by atoms with E-state index in [0.717, 1.165) is 0 Å². The molecule has 0 spiro atoms. The quantitative estimate of drug-likeness (QED) is 0.462. The molecule has 0 radical (unpaired) electrons. The molecule has 0 amide bonds. The van der Waals surface area contributed by atoms with Crippen LogP contribution < -0.4 is 0 Å². The van der Waals surface area contributed by atoms with E-state index < -0.39 is 5.97 Å². The molecule has 13 heavy (non-hydrogen) atoms. The maximum absolute atomic E-state index is 10.6. The number of aromatic nitrogens is 1. The standard InChI is InChI=1S/C9H6ClNO2/c1-13-9(12)5-4-8-3-2-7(10)6-11-8/h2-3,6H,1H3. The summed E-state index contributed by atoms with van der Waals surface area (Å²) >= 11 is 5.60. The summed E-state index contributed by atoms with van der Waals surface area (Å²) in [4.78, 5) is 14.5. The third kappa shape index (κ3) is 3.14. The molecule has 0 saturated heterocycles. The fourth-order valence-electron chi connectivity index (χ4n) is 0.616. The molecule has 3 nitrogen and oxygen atoms in total. The van der Waals surface area contributed by atoms with Crippen molar-refractivity contribution in [2.75, 3.05) is 7.11 Å². The summed E-state index contributed by atoms with van der Waals surface area (Å²) in [6.07, 6.45) is 1.46. The average molecular weight is 196 g/mol. The Kier molecular flexibility index (Phi) is 3.30. The van der Waals surface area contributed by atoms with E-state index in [2.05, 4.69) is 21.6 Å². The highest BCUT2D eigenvalue weighted by molar-refractivity contribution is 6.30. The Hall–Kier alpha value is -1.53. The molecule has 0 saturated carbocycles. The number of pyridine rings is 1. The van der Waals surface area contributed by atoms with Gasteiger partial charge in [0.2, 0.25) is 0 Å². The number of carbonyl (C=O) groups is 1. The number of hydrogen-bond donors (Lipinski definition) is 0. The molecular formula is C9H6ClNO2. The molecule has 4 heteroatoms. The lowest BCUT2D eigenvalue weighted by Gasteiger charge is -1.89. The number of methoxy groups -OCH3 is 1. The first-order valence-corrected chi connectivity index (χ1v) is 3.81. The first-order valence-electron chi connectivity index (χ1n) is 3.44. The van der Waals surface area contributed by atoms with Gasteiger partial charge in [-0.05, 0) is 18.1 Å². The summed E-state index contributed by atoms with van der Waals surface area (Å²) < 4.78 is 4.33. The molecular weight excluding hydrogens is 190 g/mol. The average Bonchev–Trinajstić information content (AvgIpc) is 2.16. The largest absolute Gasteiger partial charge is 0.459 e. The molecule has 0 aliphatic carbocycles. The smallest absolute Gasteiger partial charge is 0.384 e. The predicted octanol–water partition coefficient (Wildman–Crippen LogP) is 1.26. The van der Waals surface area contributed by atoms with Crippen LogP contribution in [-0.4, -0.2) is 18.1 Å². The monoisotopic (exact) mass is 195 g/mol. The van der Waals surface area contributed by atoms with Gasteiger partial charge in [-0.15, -0.1) is 0 Å². The molecule has 1 aromatic heterocycles. The van der Waals surface area contributed by atoms with Crippen LogP contribution in [0.2, 0.25) is 5.02 Å². The summed E-state index contributed by atoms with van der Waals surface area (Å²) in [5, 5.41) is 0.531. The van der Waals surface area contributed by atoms with Crippen LogP contribution in [0.25, 0.3) is 0 Å². The van der Waals surface area contributed by atoms with E-state index in [-0.39, 0.29) is 0 Å². The van der Waals surface area contributed by atoms with Crippen molar-refractivity contribution < 1.29 is 9.53 Å². The zero-order chi connectivity index (χ0) is 9.68. The number of ether oxygens (including phenoxy) is 1. The lowest BCUT2D eigenvalue weighted by Crippen LogP contribution is -1.94. The van der Waals surface area contributed by atoms with Gasteiger partial charge in [0.25, 0.3) is 0 Å². The van der Waals surface area contributed by atoms with Gasteiger partial charge in [-0.2, -0.15) is 0 Å². The van der Waals surface area contributed by atoms with Crippen molar-refractivity contribution in [1.29, 1.82) is 0 Å². The molecule has 0 aromatic carbocycles. The van der Waals surface area contributed by atoms with Gasteiger partial charge >= 0.3 is 5.97 Å². The lowest BCUT2D eigenvalue weighted by molar-refractivity contribution is -0.133. The SMILES string of the molecule is COC(=O)C#Cc1ccc(Cl)cn1. The minimum absolute atomic E-state index is 0.481. The summed E-state index contributed by atoms with van der Waals surface area (Å²) in [6.45, 7) is 0. The van der Waals surface area contributed by atoms with Crippen LogP contribution in [-0.2, 0) is 9.53 Å². The van der Waals surface area contributed by atoms with Gasteiger partial charge in [0.1, 0.15) is 5.69 Å². The number of carbonyl (C=O) groups excluding carboxylic acids is 1. The number of halogens is 1. The highest BCUT2D eigenvalue weighted by atomic mass is 35.5. The topological polar surface area (TPSA) is 39.2 Å². The van der Waals surface area contributed by atoms with Crippen LogP contribution in [0.15, 0.2) is 18.3 Å². The van der Waals surface area contributed by atoms with E-state index in [1.807, 2.05) is 0 Å². The van der Waals surface area contributed by atoms with Crippen molar-refractivity contribution in [1.82, 2.24) is 4.98 Å². The lowest BCUT2D eigenvalue weighted by atomic mass is 10.3. The van der Waals surface area contributed by atoms with Crippen molar-refractivity contribution in [3.63, 3.8) is 0 Å². The molecule has 66 valence electrons.